The predicted octanol–water partition coefficient (Wildman–Crippen LogP) is 7.96. The van der Waals surface area contributed by atoms with Gasteiger partial charge in [-0.3, -0.25) is 14.5 Å². The van der Waals surface area contributed by atoms with Gasteiger partial charge in [-0.05, 0) is 64.8 Å². The highest BCUT2D eigenvalue weighted by Crippen LogP contribution is 2.44. The lowest BCUT2D eigenvalue weighted by Crippen LogP contribution is -2.29. The van der Waals surface area contributed by atoms with Gasteiger partial charge in [-0.2, -0.15) is 0 Å². The molecule has 1 aliphatic rings. The molecule has 1 N–H and O–H groups in total. The number of benzene rings is 3. The second kappa shape index (κ2) is 10.5. The molecule has 1 atom stereocenters. The summed E-state index contributed by atoms with van der Waals surface area (Å²) in [5.41, 5.74) is 3.58. The molecule has 0 aromatic heterocycles. The minimum Gasteiger partial charge on any atom is -0.507 e. The van der Waals surface area contributed by atoms with E-state index in [4.69, 9.17) is 16.3 Å². The molecule has 3 aromatic rings. The zero-order valence-corrected chi connectivity index (χ0v) is 24.4. The molecule has 0 saturated carbocycles. The highest BCUT2D eigenvalue weighted by atomic mass is 35.5. The summed E-state index contributed by atoms with van der Waals surface area (Å²) in [5.74, 6) is -1.31. The lowest BCUT2D eigenvalue weighted by Gasteiger charge is -2.27. The fourth-order valence-electron chi connectivity index (χ4n) is 4.79. The third-order valence-corrected chi connectivity index (χ3v) is 7.38. The number of ether oxygens (including phenoxy) is 1. The summed E-state index contributed by atoms with van der Waals surface area (Å²) in [7, 11) is 0. The van der Waals surface area contributed by atoms with Gasteiger partial charge in [0.25, 0.3) is 11.7 Å². The van der Waals surface area contributed by atoms with Crippen molar-refractivity contribution in [1.29, 1.82) is 0 Å². The molecule has 5 nitrogen and oxygen atoms in total. The lowest BCUT2D eigenvalue weighted by molar-refractivity contribution is -0.132. The van der Waals surface area contributed by atoms with Crippen LogP contribution in [0.5, 0.6) is 5.75 Å². The van der Waals surface area contributed by atoms with Crippen LogP contribution >= 0.6 is 11.6 Å². The van der Waals surface area contributed by atoms with Crippen LogP contribution in [0.4, 0.5) is 5.69 Å². The Bertz CT molecular complexity index is 1420. The van der Waals surface area contributed by atoms with Crippen LogP contribution in [0.15, 0.2) is 72.3 Å². The van der Waals surface area contributed by atoms with Crippen molar-refractivity contribution in [2.24, 2.45) is 0 Å². The Morgan fingerprint density at radius 3 is 1.92 bits per heavy atom. The molecule has 1 heterocycles. The topological polar surface area (TPSA) is 66.8 Å². The molecule has 3 aromatic carbocycles. The van der Waals surface area contributed by atoms with E-state index in [-0.39, 0.29) is 32.7 Å². The third-order valence-electron chi connectivity index (χ3n) is 7.05. The number of aliphatic hydroxyl groups excluding tert-OH is 1. The first kappa shape index (κ1) is 28.4. The van der Waals surface area contributed by atoms with Gasteiger partial charge in [0.15, 0.2) is 0 Å². The maximum Gasteiger partial charge on any atom is 0.300 e. The van der Waals surface area contributed by atoms with Crippen molar-refractivity contribution in [2.75, 3.05) is 11.5 Å². The third kappa shape index (κ3) is 5.60. The van der Waals surface area contributed by atoms with Crippen molar-refractivity contribution in [2.45, 2.75) is 65.3 Å². The molecule has 4 rings (SSSR count). The largest absolute Gasteiger partial charge is 0.507 e. The number of aliphatic hydroxyl groups is 1. The Balaban J connectivity index is 1.93. The first-order chi connectivity index (χ1) is 18.2. The van der Waals surface area contributed by atoms with Crippen molar-refractivity contribution >= 4 is 34.7 Å². The molecule has 1 fully saturated rings. The average molecular weight is 546 g/mol. The molecule has 204 valence electrons. The first-order valence-corrected chi connectivity index (χ1v) is 13.6. The van der Waals surface area contributed by atoms with E-state index < -0.39 is 17.7 Å². The number of carbonyl (C=O) groups is 2. The van der Waals surface area contributed by atoms with Crippen LogP contribution in [0.2, 0.25) is 5.02 Å². The zero-order valence-electron chi connectivity index (χ0n) is 23.6. The van der Waals surface area contributed by atoms with Crippen molar-refractivity contribution in [3.8, 4) is 5.75 Å². The zero-order chi connectivity index (χ0) is 28.7. The quantitative estimate of drug-likeness (QED) is 0.200. The van der Waals surface area contributed by atoms with E-state index in [0.717, 1.165) is 11.1 Å². The van der Waals surface area contributed by atoms with E-state index in [2.05, 4.69) is 41.5 Å². The van der Waals surface area contributed by atoms with Gasteiger partial charge in [-0.25, -0.2) is 0 Å². The van der Waals surface area contributed by atoms with Crippen LogP contribution in [0.1, 0.15) is 76.8 Å². The van der Waals surface area contributed by atoms with Crippen molar-refractivity contribution < 1.29 is 19.4 Å². The van der Waals surface area contributed by atoms with Crippen LogP contribution in [0, 0.1) is 0 Å². The fraction of sp³-hybridized carbons (Fsp3) is 0.333. The SMILES string of the molecule is CCOc1ccc(Cl)c(/C(O)=C2\C(=O)C(=O)N(c3ccc(C(C)(C)C)cc3)C2c2ccc(C(C)(C)C)cc2)c1. The van der Waals surface area contributed by atoms with Crippen LogP contribution in [-0.2, 0) is 20.4 Å². The summed E-state index contributed by atoms with van der Waals surface area (Å²) >= 11 is 6.47. The molecule has 1 saturated heterocycles. The maximum absolute atomic E-state index is 13.6. The van der Waals surface area contributed by atoms with Crippen molar-refractivity contribution in [1.82, 2.24) is 0 Å². The molecule has 6 heteroatoms. The molecule has 1 amide bonds. The first-order valence-electron chi connectivity index (χ1n) is 13.2. The molecule has 39 heavy (non-hydrogen) atoms. The number of hydrogen-bond donors (Lipinski definition) is 1. The van der Waals surface area contributed by atoms with Crippen molar-refractivity contribution in [3.63, 3.8) is 0 Å². The summed E-state index contributed by atoms with van der Waals surface area (Å²) < 4.78 is 5.59. The second-order valence-electron chi connectivity index (χ2n) is 11.9. The number of halogens is 1. The number of rotatable bonds is 5. The smallest absolute Gasteiger partial charge is 0.300 e. The van der Waals surface area contributed by atoms with Gasteiger partial charge >= 0.3 is 0 Å². The highest BCUT2D eigenvalue weighted by Gasteiger charge is 2.47. The number of carbonyl (C=O) groups excluding carboxylic acids is 2. The van der Waals surface area contributed by atoms with Gasteiger partial charge in [0.1, 0.15) is 11.5 Å². The van der Waals surface area contributed by atoms with Gasteiger partial charge in [-0.1, -0.05) is 89.5 Å². The second-order valence-corrected chi connectivity index (χ2v) is 12.3. The van der Waals surface area contributed by atoms with Crippen LogP contribution in [0.3, 0.4) is 0 Å². The molecule has 1 unspecified atom stereocenters. The van der Waals surface area contributed by atoms with E-state index in [1.54, 1.807) is 18.2 Å². The summed E-state index contributed by atoms with van der Waals surface area (Å²) in [5, 5.41) is 11.8. The predicted molar refractivity (Wildman–Crippen MR) is 158 cm³/mol. The normalized spacial score (nSPS) is 17.5. The molecule has 0 spiro atoms. The van der Waals surface area contributed by atoms with Crippen LogP contribution < -0.4 is 9.64 Å². The number of ketones is 1. The molecular formula is C33H36ClNO4. The Morgan fingerprint density at radius 1 is 0.872 bits per heavy atom. The minimum atomic E-state index is -0.841. The number of amides is 1. The van der Waals surface area contributed by atoms with E-state index in [0.29, 0.717) is 23.6 Å². The Hall–Kier alpha value is -3.57. The van der Waals surface area contributed by atoms with Gasteiger partial charge in [-0.15, -0.1) is 0 Å². The van der Waals surface area contributed by atoms with Gasteiger partial charge < -0.3 is 9.84 Å². The Kier molecular flexibility index (Phi) is 7.68. The Morgan fingerprint density at radius 2 is 1.41 bits per heavy atom. The summed E-state index contributed by atoms with van der Waals surface area (Å²) in [6.07, 6.45) is 0. The molecule has 0 radical (unpaired) electrons. The summed E-state index contributed by atoms with van der Waals surface area (Å²) in [4.78, 5) is 28.6. The van der Waals surface area contributed by atoms with E-state index >= 15 is 0 Å². The standard InChI is InChI=1S/C33H36ClNO4/c1-8-39-24-17-18-26(34)25(19-24)29(36)27-28(20-9-11-21(12-10-20)32(2,3)4)35(31(38)30(27)37)23-15-13-22(14-16-23)33(5,6)7/h9-19,28,36H,8H2,1-7H3/b29-27+. The van der Waals surface area contributed by atoms with E-state index in [1.165, 1.54) is 4.90 Å². The molecule has 0 bridgehead atoms. The number of anilines is 1. The van der Waals surface area contributed by atoms with Crippen molar-refractivity contribution in [3.05, 3.63) is 99.6 Å². The Labute approximate surface area is 236 Å². The molecular weight excluding hydrogens is 510 g/mol. The van der Waals surface area contributed by atoms with Gasteiger partial charge in [0.2, 0.25) is 0 Å². The lowest BCUT2D eigenvalue weighted by atomic mass is 9.85. The maximum atomic E-state index is 13.6. The van der Waals surface area contributed by atoms with Gasteiger partial charge in [0, 0.05) is 11.3 Å². The monoisotopic (exact) mass is 545 g/mol. The van der Waals surface area contributed by atoms with E-state index in [9.17, 15) is 14.7 Å². The summed E-state index contributed by atoms with van der Waals surface area (Å²) in [6.45, 7) is 15.0. The fourth-order valence-corrected chi connectivity index (χ4v) is 5.00. The molecule has 0 aliphatic carbocycles. The highest BCUT2D eigenvalue weighted by molar-refractivity contribution is 6.52. The number of hydrogen-bond acceptors (Lipinski definition) is 4. The van der Waals surface area contributed by atoms with Crippen LogP contribution in [0.25, 0.3) is 5.76 Å². The number of nitrogens with zero attached hydrogens (tertiary/aromatic N) is 1. The van der Waals surface area contributed by atoms with Gasteiger partial charge in [0.05, 0.1) is 23.2 Å². The minimum absolute atomic E-state index is 0.0149. The van der Waals surface area contributed by atoms with Crippen LogP contribution in [-0.4, -0.2) is 23.4 Å². The average Bonchev–Trinajstić information content (AvgIpc) is 3.14. The molecule has 1 aliphatic heterocycles. The number of Topliss-reactive ketones (excluding diaryl/α,β-unsaturated/α-hetero) is 1. The summed E-state index contributed by atoms with van der Waals surface area (Å²) in [6, 6.07) is 19.5. The van der Waals surface area contributed by atoms with E-state index in [1.807, 2.05) is 55.5 Å².